The Kier molecular flexibility index (Phi) is 6.55. The monoisotopic (exact) mass is 361 g/mol. The number of nitrogens with one attached hydrogen (secondary N) is 1. The van der Waals surface area contributed by atoms with Crippen molar-refractivity contribution in [2.45, 2.75) is 19.4 Å². The van der Waals surface area contributed by atoms with Crippen LogP contribution in [0.5, 0.6) is 11.6 Å². The molecular weight excluding hydrogens is 338 g/mol. The Morgan fingerprint density at radius 3 is 2.41 bits per heavy atom. The number of nitrogens with zero attached hydrogens (tertiary/aromatic N) is 1. The first-order chi connectivity index (χ1) is 13.2. The van der Waals surface area contributed by atoms with Crippen LogP contribution in [0.2, 0.25) is 0 Å². The number of nitrogens with two attached hydrogens (primary N) is 1. The third-order valence-electron chi connectivity index (χ3n) is 4.16. The van der Waals surface area contributed by atoms with Gasteiger partial charge in [-0.3, -0.25) is 4.79 Å². The highest BCUT2D eigenvalue weighted by atomic mass is 16.5. The van der Waals surface area contributed by atoms with Crippen LogP contribution in [0, 0.1) is 0 Å². The maximum absolute atomic E-state index is 11.0. The number of benzene rings is 2. The molecule has 1 heterocycles. The highest BCUT2D eigenvalue weighted by Crippen LogP contribution is 2.19. The molecule has 0 radical (unpaired) electrons. The Bertz CT molecular complexity index is 847. The molecule has 5 heteroatoms. The van der Waals surface area contributed by atoms with Crippen LogP contribution in [0.1, 0.15) is 27.9 Å². The largest absolute Gasteiger partial charge is 0.439 e. The summed E-state index contributed by atoms with van der Waals surface area (Å²) in [6.45, 7) is 1.80. The van der Waals surface area contributed by atoms with Crippen LogP contribution in [0.4, 0.5) is 0 Å². The van der Waals surface area contributed by atoms with E-state index in [0.717, 1.165) is 25.9 Å². The van der Waals surface area contributed by atoms with Crippen molar-refractivity contribution in [3.8, 4) is 11.6 Å². The third kappa shape index (κ3) is 5.94. The van der Waals surface area contributed by atoms with Crippen molar-refractivity contribution in [2.75, 3.05) is 6.54 Å². The molecule has 0 saturated carbocycles. The van der Waals surface area contributed by atoms with Gasteiger partial charge in [-0.25, -0.2) is 4.98 Å². The number of ether oxygens (including phenoxy) is 1. The first-order valence-corrected chi connectivity index (χ1v) is 8.98. The first-order valence-electron chi connectivity index (χ1n) is 8.98. The van der Waals surface area contributed by atoms with Crippen molar-refractivity contribution >= 4 is 5.91 Å². The molecule has 0 aliphatic heterocycles. The molecule has 0 bridgehead atoms. The van der Waals surface area contributed by atoms with Crippen LogP contribution in [-0.2, 0) is 13.0 Å². The molecule has 3 aromatic rings. The number of pyridine rings is 1. The predicted octanol–water partition coefficient (Wildman–Crippen LogP) is 3.70. The number of hydrogen-bond donors (Lipinski definition) is 2. The number of carbonyl (C=O) groups is 1. The van der Waals surface area contributed by atoms with E-state index < -0.39 is 5.91 Å². The lowest BCUT2D eigenvalue weighted by atomic mass is 10.1. The third-order valence-corrected chi connectivity index (χ3v) is 4.16. The van der Waals surface area contributed by atoms with Crippen LogP contribution in [-0.4, -0.2) is 17.4 Å². The van der Waals surface area contributed by atoms with Gasteiger partial charge in [-0.15, -0.1) is 0 Å². The van der Waals surface area contributed by atoms with Crippen LogP contribution in [0.25, 0.3) is 0 Å². The summed E-state index contributed by atoms with van der Waals surface area (Å²) in [6, 6.07) is 21.6. The highest BCUT2D eigenvalue weighted by molar-refractivity contribution is 5.92. The van der Waals surface area contributed by atoms with Crippen molar-refractivity contribution in [1.29, 1.82) is 0 Å². The van der Waals surface area contributed by atoms with Crippen LogP contribution in [0.15, 0.2) is 72.9 Å². The minimum Gasteiger partial charge on any atom is -0.439 e. The first kappa shape index (κ1) is 18.6. The Morgan fingerprint density at radius 2 is 1.74 bits per heavy atom. The standard InChI is InChI=1S/C22H23N3O2/c23-22(26)19-10-13-21(25-16-19)27-20-11-8-18(9-12-20)15-24-14-4-7-17-5-2-1-3-6-17/h1-3,5-6,8-13,16,24H,4,7,14-15H2,(H2,23,26). The van der Waals surface area contributed by atoms with Crippen molar-refractivity contribution < 1.29 is 9.53 Å². The topological polar surface area (TPSA) is 77.2 Å². The van der Waals surface area contributed by atoms with Crippen LogP contribution >= 0.6 is 0 Å². The average molecular weight is 361 g/mol. The van der Waals surface area contributed by atoms with Crippen molar-refractivity contribution in [3.05, 3.63) is 89.6 Å². The lowest BCUT2D eigenvalue weighted by Crippen LogP contribution is -2.15. The van der Waals surface area contributed by atoms with Gasteiger partial charge in [0.15, 0.2) is 0 Å². The van der Waals surface area contributed by atoms with Crippen LogP contribution in [0.3, 0.4) is 0 Å². The lowest BCUT2D eigenvalue weighted by molar-refractivity contribution is 0.1000. The smallest absolute Gasteiger partial charge is 0.250 e. The van der Waals surface area contributed by atoms with Crippen LogP contribution < -0.4 is 15.8 Å². The highest BCUT2D eigenvalue weighted by Gasteiger charge is 2.03. The van der Waals surface area contributed by atoms with Gasteiger partial charge in [0.1, 0.15) is 5.75 Å². The van der Waals surface area contributed by atoms with E-state index in [1.54, 1.807) is 12.1 Å². The lowest BCUT2D eigenvalue weighted by Gasteiger charge is -2.08. The van der Waals surface area contributed by atoms with Gasteiger partial charge in [0.05, 0.1) is 5.56 Å². The zero-order chi connectivity index (χ0) is 18.9. The SMILES string of the molecule is NC(=O)c1ccc(Oc2ccc(CNCCCc3ccccc3)cc2)nc1. The molecule has 0 unspecified atom stereocenters. The van der Waals surface area contributed by atoms with Crippen molar-refractivity contribution in [2.24, 2.45) is 5.73 Å². The Hall–Kier alpha value is -3.18. The molecule has 2 aromatic carbocycles. The average Bonchev–Trinajstić information content (AvgIpc) is 2.70. The Morgan fingerprint density at radius 1 is 0.963 bits per heavy atom. The molecule has 138 valence electrons. The predicted molar refractivity (Wildman–Crippen MR) is 106 cm³/mol. The minimum atomic E-state index is -0.505. The summed E-state index contributed by atoms with van der Waals surface area (Å²) in [5.74, 6) is 0.614. The van der Waals surface area contributed by atoms with E-state index >= 15 is 0 Å². The molecule has 5 nitrogen and oxygen atoms in total. The zero-order valence-corrected chi connectivity index (χ0v) is 15.1. The number of aryl methyl sites for hydroxylation is 1. The number of hydrogen-bond acceptors (Lipinski definition) is 4. The molecule has 0 aliphatic carbocycles. The van der Waals surface area contributed by atoms with E-state index in [0.29, 0.717) is 17.2 Å². The van der Waals surface area contributed by atoms with E-state index in [9.17, 15) is 4.79 Å². The van der Waals surface area contributed by atoms with Gasteiger partial charge in [-0.2, -0.15) is 0 Å². The molecular formula is C22H23N3O2. The molecule has 0 fully saturated rings. The summed E-state index contributed by atoms with van der Waals surface area (Å²) in [4.78, 5) is 15.1. The number of amides is 1. The molecule has 3 N–H and O–H groups in total. The second kappa shape index (κ2) is 9.50. The summed E-state index contributed by atoms with van der Waals surface area (Å²) in [5, 5.41) is 3.46. The van der Waals surface area contributed by atoms with E-state index in [2.05, 4.69) is 34.6 Å². The zero-order valence-electron chi connectivity index (χ0n) is 15.1. The molecule has 0 aliphatic rings. The number of rotatable bonds is 9. The maximum atomic E-state index is 11.0. The van der Waals surface area contributed by atoms with Gasteiger partial charge in [-0.1, -0.05) is 42.5 Å². The van der Waals surface area contributed by atoms with Crippen molar-refractivity contribution in [3.63, 3.8) is 0 Å². The van der Waals surface area contributed by atoms with E-state index in [4.69, 9.17) is 10.5 Å². The number of primary amides is 1. The van der Waals surface area contributed by atoms with Gasteiger partial charge in [0.25, 0.3) is 0 Å². The molecule has 3 rings (SSSR count). The van der Waals surface area contributed by atoms with Gasteiger partial charge in [0.2, 0.25) is 11.8 Å². The van der Waals surface area contributed by atoms with E-state index in [-0.39, 0.29) is 0 Å². The van der Waals surface area contributed by atoms with Crippen molar-refractivity contribution in [1.82, 2.24) is 10.3 Å². The van der Waals surface area contributed by atoms with Gasteiger partial charge in [-0.05, 0) is 48.7 Å². The maximum Gasteiger partial charge on any atom is 0.250 e. The molecule has 0 saturated heterocycles. The molecule has 1 aromatic heterocycles. The van der Waals surface area contributed by atoms with Gasteiger partial charge < -0.3 is 15.8 Å². The summed E-state index contributed by atoms with van der Waals surface area (Å²) in [5.41, 5.74) is 8.12. The normalized spacial score (nSPS) is 10.5. The van der Waals surface area contributed by atoms with Gasteiger partial charge in [0, 0.05) is 18.8 Å². The second-order valence-electron chi connectivity index (χ2n) is 6.26. The fourth-order valence-electron chi connectivity index (χ4n) is 2.68. The molecule has 0 spiro atoms. The summed E-state index contributed by atoms with van der Waals surface area (Å²) >= 11 is 0. The minimum absolute atomic E-state index is 0.357. The van der Waals surface area contributed by atoms with E-state index in [1.165, 1.54) is 17.3 Å². The van der Waals surface area contributed by atoms with Gasteiger partial charge >= 0.3 is 0 Å². The number of aromatic nitrogens is 1. The number of carbonyl (C=O) groups excluding carboxylic acids is 1. The molecule has 0 atom stereocenters. The fourth-order valence-corrected chi connectivity index (χ4v) is 2.68. The molecule has 1 amide bonds. The Labute approximate surface area is 159 Å². The molecule has 27 heavy (non-hydrogen) atoms. The van der Waals surface area contributed by atoms with E-state index in [1.807, 2.05) is 30.3 Å². The second-order valence-corrected chi connectivity index (χ2v) is 6.26. The fraction of sp³-hybridized carbons (Fsp3) is 0.182. The summed E-state index contributed by atoms with van der Waals surface area (Å²) in [6.07, 6.45) is 3.60. The Balaban J connectivity index is 1.41. The summed E-state index contributed by atoms with van der Waals surface area (Å²) < 4.78 is 5.68. The summed E-state index contributed by atoms with van der Waals surface area (Å²) in [7, 11) is 0. The quantitative estimate of drug-likeness (QED) is 0.570.